The molecule has 0 saturated heterocycles. The van der Waals surface area contributed by atoms with Crippen molar-refractivity contribution < 1.29 is 9.32 Å². The molecule has 136 valence electrons. The summed E-state index contributed by atoms with van der Waals surface area (Å²) in [5.41, 5.74) is 3.81. The van der Waals surface area contributed by atoms with Crippen molar-refractivity contribution in [1.29, 1.82) is 0 Å². The van der Waals surface area contributed by atoms with Crippen LogP contribution in [0, 0.1) is 5.92 Å². The van der Waals surface area contributed by atoms with E-state index in [9.17, 15) is 4.79 Å². The van der Waals surface area contributed by atoms with Crippen molar-refractivity contribution >= 4 is 16.9 Å². The van der Waals surface area contributed by atoms with Gasteiger partial charge in [-0.1, -0.05) is 69.2 Å². The second-order valence-corrected chi connectivity index (χ2v) is 7.41. The third-order valence-corrected chi connectivity index (χ3v) is 4.73. The van der Waals surface area contributed by atoms with Crippen LogP contribution in [0.3, 0.4) is 0 Å². The van der Waals surface area contributed by atoms with Crippen molar-refractivity contribution in [2.45, 2.75) is 46.1 Å². The first-order valence-corrected chi connectivity index (χ1v) is 9.18. The first kappa shape index (κ1) is 18.2. The van der Waals surface area contributed by atoms with Gasteiger partial charge in [-0.3, -0.25) is 4.79 Å². The number of benzene rings is 2. The molecule has 0 saturated carbocycles. The molecule has 4 nitrogen and oxygen atoms in total. The van der Waals surface area contributed by atoms with E-state index in [1.165, 1.54) is 5.56 Å². The molecule has 0 aliphatic carbocycles. The topological polar surface area (TPSA) is 55.1 Å². The van der Waals surface area contributed by atoms with Crippen molar-refractivity contribution in [1.82, 2.24) is 10.5 Å². The van der Waals surface area contributed by atoms with Gasteiger partial charge >= 0.3 is 0 Å². The largest absolute Gasteiger partial charge is 0.356 e. The molecule has 0 bridgehead atoms. The van der Waals surface area contributed by atoms with Gasteiger partial charge in [0.15, 0.2) is 5.58 Å². The molecule has 0 aliphatic rings. The number of rotatable bonds is 6. The number of carbonyl (C=O) groups is 1. The van der Waals surface area contributed by atoms with E-state index in [1.54, 1.807) is 0 Å². The van der Waals surface area contributed by atoms with Crippen molar-refractivity contribution in [3.63, 3.8) is 0 Å². The molecular formula is C22H26N2O2. The van der Waals surface area contributed by atoms with Gasteiger partial charge in [-0.15, -0.1) is 0 Å². The second-order valence-electron chi connectivity index (χ2n) is 7.41. The Kier molecular flexibility index (Phi) is 5.40. The van der Waals surface area contributed by atoms with E-state index in [0.717, 1.165) is 10.9 Å². The van der Waals surface area contributed by atoms with Gasteiger partial charge in [0.25, 0.3) is 0 Å². The fourth-order valence-corrected chi connectivity index (χ4v) is 3.17. The minimum Gasteiger partial charge on any atom is -0.356 e. The molecule has 1 N–H and O–H groups in total. The lowest BCUT2D eigenvalue weighted by Crippen LogP contribution is -2.33. The highest BCUT2D eigenvalue weighted by Crippen LogP contribution is 2.25. The molecule has 1 unspecified atom stereocenters. The Labute approximate surface area is 154 Å². The average molecular weight is 350 g/mol. The summed E-state index contributed by atoms with van der Waals surface area (Å²) in [5.74, 6) is 0.741. The van der Waals surface area contributed by atoms with E-state index in [4.69, 9.17) is 4.52 Å². The molecular weight excluding hydrogens is 324 g/mol. The van der Waals surface area contributed by atoms with Crippen LogP contribution in [-0.2, 0) is 11.2 Å². The molecule has 1 aromatic heterocycles. The van der Waals surface area contributed by atoms with Crippen LogP contribution in [0.2, 0.25) is 0 Å². The van der Waals surface area contributed by atoms with Crippen LogP contribution in [0.25, 0.3) is 11.0 Å². The predicted octanol–water partition coefficient (Wildman–Crippen LogP) is 5.01. The van der Waals surface area contributed by atoms with Gasteiger partial charge in [0.05, 0.1) is 12.5 Å². The summed E-state index contributed by atoms with van der Waals surface area (Å²) in [5, 5.41) is 8.11. The SMILES string of the molecule is CC(C)c1ccc(C(NC(=O)Cc2noc3ccccc23)C(C)C)cc1. The quantitative estimate of drug-likeness (QED) is 0.680. The third kappa shape index (κ3) is 3.96. The number of fused-ring (bicyclic) bond motifs is 1. The normalized spacial score (nSPS) is 12.7. The van der Waals surface area contributed by atoms with Crippen LogP contribution in [0.5, 0.6) is 0 Å². The van der Waals surface area contributed by atoms with Crippen LogP contribution in [0.1, 0.15) is 56.5 Å². The number of carbonyl (C=O) groups excluding carboxylic acids is 1. The molecule has 1 heterocycles. The van der Waals surface area contributed by atoms with Gasteiger partial charge in [-0.2, -0.15) is 0 Å². The number of hydrogen-bond donors (Lipinski definition) is 1. The molecule has 1 amide bonds. The maximum Gasteiger partial charge on any atom is 0.226 e. The number of aromatic nitrogens is 1. The molecule has 4 heteroatoms. The van der Waals surface area contributed by atoms with Crippen molar-refractivity contribution in [3.05, 3.63) is 65.4 Å². The van der Waals surface area contributed by atoms with Crippen molar-refractivity contribution in [2.24, 2.45) is 5.92 Å². The standard InChI is InChI=1S/C22H26N2O2/c1-14(2)16-9-11-17(12-10-16)22(15(3)4)23-21(25)13-19-18-7-5-6-8-20(18)26-24-19/h5-12,14-15,22H,13H2,1-4H3,(H,23,25). The van der Waals surface area contributed by atoms with E-state index in [1.807, 2.05) is 24.3 Å². The summed E-state index contributed by atoms with van der Waals surface area (Å²) in [6.45, 7) is 8.59. The second kappa shape index (κ2) is 7.73. The molecule has 26 heavy (non-hydrogen) atoms. The zero-order valence-corrected chi connectivity index (χ0v) is 15.8. The van der Waals surface area contributed by atoms with Gasteiger partial charge in [0.2, 0.25) is 5.91 Å². The number of hydrogen-bond acceptors (Lipinski definition) is 3. The summed E-state index contributed by atoms with van der Waals surface area (Å²) >= 11 is 0. The molecule has 0 spiro atoms. The minimum absolute atomic E-state index is 0.0260. The zero-order valence-electron chi connectivity index (χ0n) is 15.8. The van der Waals surface area contributed by atoms with E-state index in [2.05, 4.69) is 62.4 Å². The lowest BCUT2D eigenvalue weighted by atomic mass is 9.93. The Morgan fingerprint density at radius 1 is 1.00 bits per heavy atom. The Hall–Kier alpha value is -2.62. The van der Waals surface area contributed by atoms with Gasteiger partial charge in [0, 0.05) is 5.39 Å². The number of amides is 1. The van der Waals surface area contributed by atoms with Crippen molar-refractivity contribution in [2.75, 3.05) is 0 Å². The number of para-hydroxylation sites is 1. The molecule has 2 aromatic carbocycles. The highest BCUT2D eigenvalue weighted by Gasteiger charge is 2.20. The molecule has 3 aromatic rings. The smallest absolute Gasteiger partial charge is 0.226 e. The molecule has 0 fully saturated rings. The number of nitrogens with one attached hydrogen (secondary N) is 1. The maximum atomic E-state index is 12.6. The van der Waals surface area contributed by atoms with Crippen LogP contribution in [-0.4, -0.2) is 11.1 Å². The van der Waals surface area contributed by atoms with Crippen molar-refractivity contribution in [3.8, 4) is 0 Å². The summed E-state index contributed by atoms with van der Waals surface area (Å²) in [4.78, 5) is 12.6. The van der Waals surface area contributed by atoms with E-state index < -0.39 is 0 Å². The van der Waals surface area contributed by atoms with Gasteiger partial charge in [-0.25, -0.2) is 0 Å². The summed E-state index contributed by atoms with van der Waals surface area (Å²) in [6, 6.07) is 16.1. The summed E-state index contributed by atoms with van der Waals surface area (Å²) < 4.78 is 5.29. The van der Waals surface area contributed by atoms with E-state index in [0.29, 0.717) is 17.2 Å². The third-order valence-electron chi connectivity index (χ3n) is 4.73. The zero-order chi connectivity index (χ0) is 18.7. The van der Waals surface area contributed by atoms with Gasteiger partial charge in [-0.05, 0) is 35.1 Å². The van der Waals surface area contributed by atoms with Gasteiger partial charge in [0.1, 0.15) is 5.69 Å². The first-order valence-electron chi connectivity index (χ1n) is 9.18. The molecule has 0 aliphatic heterocycles. The minimum atomic E-state index is -0.0457. The van der Waals surface area contributed by atoms with E-state index >= 15 is 0 Å². The van der Waals surface area contributed by atoms with Crippen LogP contribution in [0.15, 0.2) is 53.1 Å². The Morgan fingerprint density at radius 3 is 2.31 bits per heavy atom. The van der Waals surface area contributed by atoms with Crippen LogP contribution >= 0.6 is 0 Å². The first-order chi connectivity index (χ1) is 12.5. The fraction of sp³-hybridized carbons (Fsp3) is 0.364. The molecule has 3 rings (SSSR count). The highest BCUT2D eigenvalue weighted by atomic mass is 16.5. The van der Waals surface area contributed by atoms with Crippen LogP contribution in [0.4, 0.5) is 0 Å². The maximum absolute atomic E-state index is 12.6. The lowest BCUT2D eigenvalue weighted by molar-refractivity contribution is -0.121. The molecule has 0 radical (unpaired) electrons. The Morgan fingerprint density at radius 2 is 1.65 bits per heavy atom. The average Bonchev–Trinajstić information content (AvgIpc) is 3.02. The van der Waals surface area contributed by atoms with Crippen LogP contribution < -0.4 is 5.32 Å². The van der Waals surface area contributed by atoms with Gasteiger partial charge < -0.3 is 9.84 Å². The fourth-order valence-electron chi connectivity index (χ4n) is 3.17. The lowest BCUT2D eigenvalue weighted by Gasteiger charge is -2.23. The Balaban J connectivity index is 1.74. The highest BCUT2D eigenvalue weighted by molar-refractivity contribution is 5.86. The summed E-state index contributed by atoms with van der Waals surface area (Å²) in [6.07, 6.45) is 0.213. The summed E-state index contributed by atoms with van der Waals surface area (Å²) in [7, 11) is 0. The van der Waals surface area contributed by atoms with E-state index in [-0.39, 0.29) is 24.3 Å². The number of nitrogens with zero attached hydrogens (tertiary/aromatic N) is 1. The molecule has 1 atom stereocenters. The predicted molar refractivity (Wildman–Crippen MR) is 104 cm³/mol. The Bertz CT molecular complexity index is 879. The monoisotopic (exact) mass is 350 g/mol.